The summed E-state index contributed by atoms with van der Waals surface area (Å²) >= 11 is 0. The normalized spacial score (nSPS) is 18.7. The summed E-state index contributed by atoms with van der Waals surface area (Å²) in [5, 5.41) is 0. The van der Waals surface area contributed by atoms with Gasteiger partial charge in [-0.05, 0) is 38.0 Å². The van der Waals surface area contributed by atoms with Crippen LogP contribution in [0.4, 0.5) is 0 Å². The van der Waals surface area contributed by atoms with E-state index in [2.05, 4.69) is 0 Å². The second-order valence-corrected chi connectivity index (χ2v) is 4.42. The van der Waals surface area contributed by atoms with Crippen LogP contribution in [0.15, 0.2) is 47.7 Å². The fourth-order valence-corrected chi connectivity index (χ4v) is 2.19. The average Bonchev–Trinajstić information content (AvgIpc) is 2.39. The molecule has 0 amide bonds. The van der Waals surface area contributed by atoms with E-state index in [1.165, 1.54) is 0 Å². The molecule has 0 bridgehead atoms. The number of benzene rings is 1. The molecule has 1 unspecified atom stereocenters. The van der Waals surface area contributed by atoms with Crippen LogP contribution in [0.1, 0.15) is 26.3 Å². The molecule has 3 heteroatoms. The van der Waals surface area contributed by atoms with Crippen LogP contribution < -0.4 is 0 Å². The average molecular weight is 258 g/mol. The Bertz CT molecular complexity index is 526. The molecule has 1 heterocycles. The lowest BCUT2D eigenvalue weighted by atomic mass is 9.94. The van der Waals surface area contributed by atoms with Gasteiger partial charge in [-0.15, -0.1) is 0 Å². The number of rotatable bonds is 3. The maximum absolute atomic E-state index is 12.1. The van der Waals surface area contributed by atoms with Gasteiger partial charge in [0.1, 0.15) is 17.4 Å². The number of hydrogen-bond acceptors (Lipinski definition) is 3. The zero-order valence-corrected chi connectivity index (χ0v) is 11.5. The number of carbonyl (C=O) groups excluding carboxylic acids is 1. The van der Waals surface area contributed by atoms with E-state index in [9.17, 15) is 4.79 Å². The van der Waals surface area contributed by atoms with Gasteiger partial charge in [-0.2, -0.15) is 0 Å². The predicted molar refractivity (Wildman–Crippen MR) is 74.3 cm³/mol. The molecule has 0 aromatic heterocycles. The van der Waals surface area contributed by atoms with Gasteiger partial charge in [-0.3, -0.25) is 0 Å². The Labute approximate surface area is 113 Å². The molecule has 2 rings (SSSR count). The summed E-state index contributed by atoms with van der Waals surface area (Å²) in [6.07, 6.45) is 1.91. The fourth-order valence-electron chi connectivity index (χ4n) is 2.19. The molecule has 0 saturated heterocycles. The van der Waals surface area contributed by atoms with Crippen molar-refractivity contribution in [1.29, 1.82) is 0 Å². The van der Waals surface area contributed by atoms with Crippen molar-refractivity contribution in [3.8, 4) is 0 Å². The van der Waals surface area contributed by atoms with E-state index >= 15 is 0 Å². The monoisotopic (exact) mass is 258 g/mol. The van der Waals surface area contributed by atoms with Crippen molar-refractivity contribution in [1.82, 2.24) is 0 Å². The first kappa shape index (κ1) is 13.4. The first-order chi connectivity index (χ1) is 9.13. The van der Waals surface area contributed by atoms with E-state index < -0.39 is 0 Å². The molecular formula is C16H18O3. The highest BCUT2D eigenvalue weighted by Gasteiger charge is 2.26. The maximum atomic E-state index is 12.1. The number of ether oxygens (including phenoxy) is 2. The standard InChI is InChI=1S/C16H18O3/c1-4-18-16(17)15-12(3)19-11(2)10-14(15)13-8-6-5-7-9-13/h5-11H,4H2,1-3H3. The molecule has 1 aliphatic heterocycles. The van der Waals surface area contributed by atoms with E-state index in [0.717, 1.165) is 11.1 Å². The van der Waals surface area contributed by atoms with Gasteiger partial charge in [-0.25, -0.2) is 4.79 Å². The second kappa shape index (κ2) is 5.74. The molecule has 1 aromatic carbocycles. The van der Waals surface area contributed by atoms with E-state index in [-0.39, 0.29) is 12.1 Å². The highest BCUT2D eigenvalue weighted by molar-refractivity contribution is 6.07. The summed E-state index contributed by atoms with van der Waals surface area (Å²) in [6.45, 7) is 5.91. The van der Waals surface area contributed by atoms with Crippen molar-refractivity contribution in [3.05, 3.63) is 53.3 Å². The lowest BCUT2D eigenvalue weighted by molar-refractivity contribution is -0.138. The van der Waals surface area contributed by atoms with Gasteiger partial charge in [-0.1, -0.05) is 30.3 Å². The Morgan fingerprint density at radius 3 is 2.63 bits per heavy atom. The number of esters is 1. The number of hydrogen-bond donors (Lipinski definition) is 0. The Morgan fingerprint density at radius 2 is 2.00 bits per heavy atom. The van der Waals surface area contributed by atoms with Crippen LogP contribution in [0.25, 0.3) is 5.57 Å². The van der Waals surface area contributed by atoms with Crippen LogP contribution in [-0.2, 0) is 14.3 Å². The highest BCUT2D eigenvalue weighted by Crippen LogP contribution is 2.32. The van der Waals surface area contributed by atoms with Crippen molar-refractivity contribution in [2.45, 2.75) is 26.9 Å². The SMILES string of the molecule is CCOC(=O)C1=C(C)OC(C)C=C1c1ccccc1. The first-order valence-electron chi connectivity index (χ1n) is 6.45. The van der Waals surface area contributed by atoms with E-state index in [1.807, 2.05) is 43.3 Å². The van der Waals surface area contributed by atoms with E-state index in [1.54, 1.807) is 13.8 Å². The van der Waals surface area contributed by atoms with Gasteiger partial charge in [0.05, 0.1) is 6.61 Å². The summed E-state index contributed by atoms with van der Waals surface area (Å²) in [6, 6.07) is 9.82. The predicted octanol–water partition coefficient (Wildman–Crippen LogP) is 3.33. The highest BCUT2D eigenvalue weighted by atomic mass is 16.5. The first-order valence-corrected chi connectivity index (χ1v) is 6.45. The fraction of sp³-hybridized carbons (Fsp3) is 0.312. The smallest absolute Gasteiger partial charge is 0.342 e. The molecule has 1 atom stereocenters. The zero-order valence-electron chi connectivity index (χ0n) is 11.5. The summed E-state index contributed by atoms with van der Waals surface area (Å²) in [5.74, 6) is 0.286. The molecular weight excluding hydrogens is 240 g/mol. The molecule has 3 nitrogen and oxygen atoms in total. The largest absolute Gasteiger partial charge is 0.490 e. The Kier molecular flexibility index (Phi) is 4.05. The maximum Gasteiger partial charge on any atom is 0.342 e. The zero-order chi connectivity index (χ0) is 13.8. The van der Waals surface area contributed by atoms with Crippen molar-refractivity contribution in [2.75, 3.05) is 6.61 Å². The van der Waals surface area contributed by atoms with Crippen LogP contribution in [0.2, 0.25) is 0 Å². The van der Waals surface area contributed by atoms with Gasteiger partial charge in [0.2, 0.25) is 0 Å². The Morgan fingerprint density at radius 1 is 1.32 bits per heavy atom. The van der Waals surface area contributed by atoms with Gasteiger partial charge >= 0.3 is 5.97 Å². The van der Waals surface area contributed by atoms with Crippen LogP contribution in [0.5, 0.6) is 0 Å². The van der Waals surface area contributed by atoms with Gasteiger partial charge in [0, 0.05) is 0 Å². The van der Waals surface area contributed by atoms with Crippen molar-refractivity contribution in [3.63, 3.8) is 0 Å². The molecule has 1 aliphatic rings. The van der Waals surface area contributed by atoms with Crippen molar-refractivity contribution in [2.24, 2.45) is 0 Å². The van der Waals surface area contributed by atoms with Gasteiger partial charge in [0.25, 0.3) is 0 Å². The molecule has 0 N–H and O–H groups in total. The summed E-state index contributed by atoms with van der Waals surface area (Å²) in [4.78, 5) is 12.1. The van der Waals surface area contributed by atoms with E-state index in [0.29, 0.717) is 17.9 Å². The molecule has 0 aliphatic carbocycles. The Balaban J connectivity index is 2.45. The molecule has 0 radical (unpaired) electrons. The van der Waals surface area contributed by atoms with Crippen LogP contribution in [-0.4, -0.2) is 18.7 Å². The van der Waals surface area contributed by atoms with Gasteiger partial charge in [0.15, 0.2) is 0 Å². The molecule has 19 heavy (non-hydrogen) atoms. The summed E-state index contributed by atoms with van der Waals surface area (Å²) in [5.41, 5.74) is 2.40. The minimum absolute atomic E-state index is 0.0478. The van der Waals surface area contributed by atoms with Gasteiger partial charge < -0.3 is 9.47 Å². The molecule has 0 saturated carbocycles. The third kappa shape index (κ3) is 2.87. The molecule has 0 fully saturated rings. The minimum atomic E-state index is -0.331. The quantitative estimate of drug-likeness (QED) is 0.780. The third-order valence-corrected chi connectivity index (χ3v) is 2.95. The van der Waals surface area contributed by atoms with E-state index in [4.69, 9.17) is 9.47 Å². The molecule has 0 spiro atoms. The van der Waals surface area contributed by atoms with Crippen molar-refractivity contribution >= 4 is 11.5 Å². The van der Waals surface area contributed by atoms with Crippen LogP contribution in [0, 0.1) is 0 Å². The number of allylic oxidation sites excluding steroid dienone is 1. The second-order valence-electron chi connectivity index (χ2n) is 4.42. The van der Waals surface area contributed by atoms with Crippen LogP contribution in [0.3, 0.4) is 0 Å². The van der Waals surface area contributed by atoms with Crippen molar-refractivity contribution < 1.29 is 14.3 Å². The summed E-state index contributed by atoms with van der Waals surface area (Å²) < 4.78 is 10.7. The minimum Gasteiger partial charge on any atom is -0.490 e. The van der Waals surface area contributed by atoms with Crippen LogP contribution >= 0.6 is 0 Å². The topological polar surface area (TPSA) is 35.5 Å². The Hall–Kier alpha value is -2.03. The lowest BCUT2D eigenvalue weighted by Crippen LogP contribution is -2.19. The summed E-state index contributed by atoms with van der Waals surface area (Å²) in [7, 11) is 0. The lowest BCUT2D eigenvalue weighted by Gasteiger charge is -2.24. The molecule has 1 aromatic rings. The number of carbonyl (C=O) groups is 1. The molecule has 100 valence electrons. The third-order valence-electron chi connectivity index (χ3n) is 2.95.